The zero-order valence-corrected chi connectivity index (χ0v) is 11.4. The number of aromatic nitrogens is 1. The van der Waals surface area contributed by atoms with Gasteiger partial charge < -0.3 is 14.6 Å². The van der Waals surface area contributed by atoms with Crippen LogP contribution in [-0.4, -0.2) is 30.3 Å². The van der Waals surface area contributed by atoms with E-state index >= 15 is 0 Å². The molecule has 0 amide bonds. The van der Waals surface area contributed by atoms with Crippen LogP contribution in [0, 0.1) is 0 Å². The van der Waals surface area contributed by atoms with Gasteiger partial charge in [-0.3, -0.25) is 0 Å². The minimum Gasteiger partial charge on any atom is -0.494 e. The topological polar surface area (TPSA) is 68.7 Å². The van der Waals surface area contributed by atoms with E-state index in [1.165, 1.54) is 20.3 Å². The van der Waals surface area contributed by atoms with Crippen LogP contribution in [0.15, 0.2) is 6.07 Å². The fraction of sp³-hybridized carbons (Fsp3) is 0.538. The zero-order valence-electron chi connectivity index (χ0n) is 11.4. The van der Waals surface area contributed by atoms with E-state index < -0.39 is 11.6 Å². The molecule has 1 rings (SSSR count). The van der Waals surface area contributed by atoms with Gasteiger partial charge in [0.2, 0.25) is 0 Å². The molecule has 0 spiro atoms. The highest BCUT2D eigenvalue weighted by atomic mass is 16.5. The number of carbonyl (C=O) groups excluding carboxylic acids is 1. The maximum atomic E-state index is 11.6. The molecule has 0 radical (unpaired) electrons. The Labute approximate surface area is 107 Å². The van der Waals surface area contributed by atoms with Gasteiger partial charge in [0, 0.05) is 5.56 Å². The van der Waals surface area contributed by atoms with Crippen molar-refractivity contribution in [3.05, 3.63) is 23.0 Å². The Morgan fingerprint density at radius 3 is 2.44 bits per heavy atom. The van der Waals surface area contributed by atoms with Crippen LogP contribution >= 0.6 is 0 Å². The number of rotatable bonds is 4. The summed E-state index contributed by atoms with van der Waals surface area (Å²) in [5, 5.41) is 10.1. The fourth-order valence-corrected chi connectivity index (χ4v) is 1.72. The van der Waals surface area contributed by atoms with Gasteiger partial charge in [0.1, 0.15) is 11.4 Å². The van der Waals surface area contributed by atoms with Gasteiger partial charge in [-0.05, 0) is 26.3 Å². The van der Waals surface area contributed by atoms with Crippen LogP contribution in [0.3, 0.4) is 0 Å². The minimum atomic E-state index is -1.12. The molecule has 5 nitrogen and oxygen atoms in total. The average Bonchev–Trinajstić information content (AvgIpc) is 2.34. The molecule has 1 aromatic heterocycles. The summed E-state index contributed by atoms with van der Waals surface area (Å²) in [6.07, 6.45) is 0.594. The van der Waals surface area contributed by atoms with Crippen LogP contribution in [-0.2, 0) is 16.8 Å². The lowest BCUT2D eigenvalue weighted by atomic mass is 9.95. The number of methoxy groups -OCH3 is 2. The molecule has 0 saturated heterocycles. The third-order valence-electron chi connectivity index (χ3n) is 2.64. The highest BCUT2D eigenvalue weighted by Crippen LogP contribution is 2.32. The number of hydrogen-bond acceptors (Lipinski definition) is 5. The van der Waals surface area contributed by atoms with Gasteiger partial charge in [0.05, 0.1) is 25.5 Å². The van der Waals surface area contributed by atoms with E-state index in [0.29, 0.717) is 23.4 Å². The maximum Gasteiger partial charge on any atom is 0.356 e. The summed E-state index contributed by atoms with van der Waals surface area (Å²) < 4.78 is 9.94. The van der Waals surface area contributed by atoms with Crippen molar-refractivity contribution in [1.29, 1.82) is 0 Å². The van der Waals surface area contributed by atoms with Crippen molar-refractivity contribution >= 4 is 5.97 Å². The quantitative estimate of drug-likeness (QED) is 0.826. The summed E-state index contributed by atoms with van der Waals surface area (Å²) in [6.45, 7) is 5.16. The number of esters is 1. The van der Waals surface area contributed by atoms with E-state index in [4.69, 9.17) is 4.74 Å². The lowest BCUT2D eigenvalue weighted by Crippen LogP contribution is -2.20. The van der Waals surface area contributed by atoms with Crippen molar-refractivity contribution in [2.75, 3.05) is 14.2 Å². The summed E-state index contributed by atoms with van der Waals surface area (Å²) in [4.78, 5) is 15.7. The van der Waals surface area contributed by atoms with Crippen molar-refractivity contribution in [3.63, 3.8) is 0 Å². The Kier molecular flexibility index (Phi) is 4.29. The van der Waals surface area contributed by atoms with Crippen LogP contribution in [0.2, 0.25) is 0 Å². The normalized spacial score (nSPS) is 11.2. The second-order valence-corrected chi connectivity index (χ2v) is 4.44. The van der Waals surface area contributed by atoms with Gasteiger partial charge >= 0.3 is 5.97 Å². The predicted molar refractivity (Wildman–Crippen MR) is 66.8 cm³/mol. The number of aryl methyl sites for hydroxylation is 1. The molecule has 0 aliphatic heterocycles. The first kappa shape index (κ1) is 14.4. The first-order valence-corrected chi connectivity index (χ1v) is 5.74. The molecule has 0 bridgehead atoms. The Hall–Kier alpha value is -1.62. The molecule has 0 aromatic carbocycles. The van der Waals surface area contributed by atoms with Gasteiger partial charge in [-0.15, -0.1) is 0 Å². The first-order chi connectivity index (χ1) is 8.35. The number of aliphatic hydroxyl groups is 1. The van der Waals surface area contributed by atoms with E-state index in [2.05, 4.69) is 9.72 Å². The molecule has 1 aromatic rings. The minimum absolute atomic E-state index is 0.173. The van der Waals surface area contributed by atoms with E-state index in [1.54, 1.807) is 13.8 Å². The van der Waals surface area contributed by atoms with Crippen molar-refractivity contribution < 1.29 is 19.4 Å². The van der Waals surface area contributed by atoms with Gasteiger partial charge in [0.15, 0.2) is 0 Å². The molecule has 0 saturated carbocycles. The summed E-state index contributed by atoms with van der Waals surface area (Å²) in [7, 11) is 2.81. The number of carbonyl (C=O) groups is 1. The SMILES string of the molecule is CCc1nc(C(=O)OC)cc(C(C)(C)O)c1OC. The molecule has 0 atom stereocenters. The van der Waals surface area contributed by atoms with E-state index in [-0.39, 0.29) is 5.69 Å². The van der Waals surface area contributed by atoms with Crippen LogP contribution in [0.25, 0.3) is 0 Å². The fourth-order valence-electron chi connectivity index (χ4n) is 1.72. The van der Waals surface area contributed by atoms with Crippen LogP contribution < -0.4 is 4.74 Å². The molecule has 0 aliphatic carbocycles. The number of nitrogens with zero attached hydrogens (tertiary/aromatic N) is 1. The van der Waals surface area contributed by atoms with Crippen molar-refractivity contribution in [2.45, 2.75) is 32.8 Å². The Morgan fingerprint density at radius 2 is 2.06 bits per heavy atom. The van der Waals surface area contributed by atoms with Crippen LogP contribution in [0.5, 0.6) is 5.75 Å². The standard InChI is InChI=1S/C13H19NO4/c1-6-9-11(17-4)8(13(2,3)16)7-10(14-9)12(15)18-5/h7,16H,6H2,1-5H3. The Morgan fingerprint density at radius 1 is 1.44 bits per heavy atom. The molecule has 1 heterocycles. The lowest BCUT2D eigenvalue weighted by molar-refractivity contribution is 0.0590. The number of hydrogen-bond donors (Lipinski definition) is 1. The second kappa shape index (κ2) is 5.35. The van der Waals surface area contributed by atoms with Gasteiger partial charge in [-0.1, -0.05) is 6.92 Å². The Bertz CT molecular complexity index is 449. The summed E-state index contributed by atoms with van der Waals surface area (Å²) in [6, 6.07) is 1.50. The summed E-state index contributed by atoms with van der Waals surface area (Å²) >= 11 is 0. The molecule has 0 unspecified atom stereocenters. The van der Waals surface area contributed by atoms with Crippen molar-refractivity contribution in [3.8, 4) is 5.75 Å². The third-order valence-corrected chi connectivity index (χ3v) is 2.64. The monoisotopic (exact) mass is 253 g/mol. The van der Waals surface area contributed by atoms with E-state index in [9.17, 15) is 9.90 Å². The van der Waals surface area contributed by atoms with Crippen molar-refractivity contribution in [1.82, 2.24) is 4.98 Å². The summed E-state index contributed by atoms with van der Waals surface area (Å²) in [5.74, 6) is -0.0180. The zero-order chi connectivity index (χ0) is 13.9. The van der Waals surface area contributed by atoms with Crippen molar-refractivity contribution in [2.24, 2.45) is 0 Å². The predicted octanol–water partition coefficient (Wildman–Crippen LogP) is 1.67. The maximum absolute atomic E-state index is 11.6. The molecule has 18 heavy (non-hydrogen) atoms. The largest absolute Gasteiger partial charge is 0.494 e. The average molecular weight is 253 g/mol. The number of ether oxygens (including phenoxy) is 2. The lowest BCUT2D eigenvalue weighted by Gasteiger charge is -2.22. The van der Waals surface area contributed by atoms with Gasteiger partial charge in [0.25, 0.3) is 0 Å². The van der Waals surface area contributed by atoms with E-state index in [0.717, 1.165) is 0 Å². The molecule has 100 valence electrons. The van der Waals surface area contributed by atoms with E-state index in [1.807, 2.05) is 6.92 Å². The molecule has 5 heteroatoms. The van der Waals surface area contributed by atoms with Crippen LogP contribution in [0.4, 0.5) is 0 Å². The number of pyridine rings is 1. The molecular formula is C13H19NO4. The van der Waals surface area contributed by atoms with Gasteiger partial charge in [-0.2, -0.15) is 0 Å². The Balaban J connectivity index is 3.51. The molecule has 0 fully saturated rings. The highest BCUT2D eigenvalue weighted by Gasteiger charge is 2.26. The third kappa shape index (κ3) is 2.79. The smallest absolute Gasteiger partial charge is 0.356 e. The molecule has 1 N–H and O–H groups in total. The molecular weight excluding hydrogens is 234 g/mol. The first-order valence-electron chi connectivity index (χ1n) is 5.74. The molecule has 0 aliphatic rings. The second-order valence-electron chi connectivity index (χ2n) is 4.44. The van der Waals surface area contributed by atoms with Crippen LogP contribution in [0.1, 0.15) is 42.5 Å². The highest BCUT2D eigenvalue weighted by molar-refractivity contribution is 5.87. The van der Waals surface area contributed by atoms with Gasteiger partial charge in [-0.25, -0.2) is 9.78 Å². The summed E-state index contributed by atoms with van der Waals surface area (Å²) in [5.41, 5.74) is 0.197.